The summed E-state index contributed by atoms with van der Waals surface area (Å²) in [6, 6.07) is 6.80. The quantitative estimate of drug-likeness (QED) is 0.815. The minimum Gasteiger partial charge on any atom is -0.466 e. The predicted molar refractivity (Wildman–Crippen MR) is 93.8 cm³/mol. The Hall–Kier alpha value is -2.54. The van der Waals surface area contributed by atoms with Crippen LogP contribution in [0.25, 0.3) is 0 Å². The number of ether oxygens (including phenoxy) is 1. The van der Waals surface area contributed by atoms with E-state index in [1.54, 1.807) is 22.9 Å². The van der Waals surface area contributed by atoms with Gasteiger partial charge >= 0.3 is 0 Å². The number of hydrogen-bond acceptors (Lipinski definition) is 4. The summed E-state index contributed by atoms with van der Waals surface area (Å²) in [5.41, 5.74) is 0.734. The maximum Gasteiger partial charge on any atom is 0.278 e. The van der Waals surface area contributed by atoms with Crippen LogP contribution >= 0.6 is 11.6 Å². The topological polar surface area (TPSA) is 85.3 Å². The van der Waals surface area contributed by atoms with Gasteiger partial charge in [0.1, 0.15) is 5.75 Å². The van der Waals surface area contributed by atoms with Crippen LogP contribution < -0.4 is 15.4 Å². The molecule has 25 heavy (non-hydrogen) atoms. The van der Waals surface area contributed by atoms with E-state index in [0.717, 1.165) is 11.4 Å². The lowest BCUT2D eigenvalue weighted by Gasteiger charge is -2.33. The zero-order valence-corrected chi connectivity index (χ0v) is 15.0. The molecule has 1 unspecified atom stereocenters. The van der Waals surface area contributed by atoms with Crippen LogP contribution in [0.15, 0.2) is 24.3 Å². The summed E-state index contributed by atoms with van der Waals surface area (Å²) in [5.74, 6) is -0.641. The van der Waals surface area contributed by atoms with Crippen molar-refractivity contribution in [2.75, 3.05) is 11.9 Å². The molecule has 2 amide bonds. The number of nitrogens with one attached hydrogen (secondary N) is 2. The molecule has 2 heterocycles. The summed E-state index contributed by atoms with van der Waals surface area (Å²) in [5, 5.41) is 10.2. The molecule has 0 radical (unpaired) electrons. The third kappa shape index (κ3) is 3.32. The monoisotopic (exact) mass is 362 g/mol. The van der Waals surface area contributed by atoms with Gasteiger partial charge in [-0.25, -0.2) is 0 Å². The van der Waals surface area contributed by atoms with Gasteiger partial charge in [0.25, 0.3) is 17.4 Å². The first-order chi connectivity index (χ1) is 11.8. The Morgan fingerprint density at radius 3 is 2.84 bits per heavy atom. The smallest absolute Gasteiger partial charge is 0.278 e. The molecule has 7 nitrogen and oxygen atoms in total. The predicted octanol–water partition coefficient (Wildman–Crippen LogP) is 2.06. The van der Waals surface area contributed by atoms with E-state index in [2.05, 4.69) is 15.7 Å². The van der Waals surface area contributed by atoms with Gasteiger partial charge in [-0.2, -0.15) is 5.10 Å². The molecule has 3 rings (SSSR count). The van der Waals surface area contributed by atoms with Crippen molar-refractivity contribution < 1.29 is 14.3 Å². The molecule has 1 atom stereocenters. The fraction of sp³-hybridized carbons (Fsp3) is 0.353. The number of nitrogens with zero attached hydrogens (tertiary/aromatic N) is 2. The van der Waals surface area contributed by atoms with Crippen molar-refractivity contribution in [3.05, 3.63) is 40.7 Å². The lowest BCUT2D eigenvalue weighted by molar-refractivity contribution is -0.146. The van der Waals surface area contributed by atoms with Crippen molar-refractivity contribution >= 4 is 29.1 Å². The number of anilines is 1. The number of amides is 2. The number of rotatable bonds is 4. The molecule has 1 aromatic heterocycles. The number of aromatic nitrogens is 2. The molecule has 2 N–H and O–H groups in total. The zero-order chi connectivity index (χ0) is 18.2. The van der Waals surface area contributed by atoms with Crippen LogP contribution in [-0.2, 0) is 16.1 Å². The molecule has 1 aromatic carbocycles. The van der Waals surface area contributed by atoms with E-state index in [0.29, 0.717) is 29.5 Å². The summed E-state index contributed by atoms with van der Waals surface area (Å²) in [6.07, 6.45) is 0. The SMILES string of the molecule is Cc1cc(C)n(CCNC(=O)C2(C)Oc3ccc(Cl)cc3NC2=O)n1. The standard InChI is InChI=1S/C17H19ClN4O3/c1-10-8-11(2)22(21-10)7-6-19-15(23)17(3)16(24)20-13-9-12(18)4-5-14(13)25-17/h4-5,8-9H,6-7H2,1-3H3,(H,19,23)(H,20,24). The van der Waals surface area contributed by atoms with E-state index in [-0.39, 0.29) is 0 Å². The van der Waals surface area contributed by atoms with Gasteiger partial charge in [0, 0.05) is 17.3 Å². The number of benzene rings is 1. The molecule has 0 fully saturated rings. The molecular weight excluding hydrogens is 344 g/mol. The fourth-order valence-electron chi connectivity index (χ4n) is 2.69. The maximum absolute atomic E-state index is 12.5. The Labute approximate surface area is 150 Å². The third-order valence-electron chi connectivity index (χ3n) is 4.08. The van der Waals surface area contributed by atoms with E-state index >= 15 is 0 Å². The van der Waals surface area contributed by atoms with Gasteiger partial charge in [0.15, 0.2) is 0 Å². The van der Waals surface area contributed by atoms with Gasteiger partial charge in [-0.05, 0) is 45.0 Å². The maximum atomic E-state index is 12.5. The molecule has 2 aromatic rings. The fourth-order valence-corrected chi connectivity index (χ4v) is 2.86. The Bertz CT molecular complexity index is 848. The molecule has 0 spiro atoms. The van der Waals surface area contributed by atoms with Crippen LogP contribution in [0.1, 0.15) is 18.3 Å². The highest BCUT2D eigenvalue weighted by Gasteiger charge is 2.47. The second kappa shape index (κ2) is 6.40. The van der Waals surface area contributed by atoms with E-state index in [1.165, 1.54) is 6.92 Å². The number of carbonyl (C=O) groups excluding carboxylic acids is 2. The van der Waals surface area contributed by atoms with Crippen molar-refractivity contribution in [3.8, 4) is 5.75 Å². The summed E-state index contributed by atoms with van der Waals surface area (Å²) in [4.78, 5) is 24.9. The first-order valence-corrected chi connectivity index (χ1v) is 8.27. The van der Waals surface area contributed by atoms with Gasteiger partial charge in [0.05, 0.1) is 17.9 Å². The molecule has 0 saturated heterocycles. The van der Waals surface area contributed by atoms with Gasteiger partial charge in [-0.15, -0.1) is 0 Å². The van der Waals surface area contributed by atoms with Gasteiger partial charge in [-0.3, -0.25) is 14.3 Å². The van der Waals surface area contributed by atoms with Crippen molar-refractivity contribution in [2.45, 2.75) is 32.9 Å². The molecule has 1 aliphatic heterocycles. The van der Waals surface area contributed by atoms with Crippen LogP contribution in [-0.4, -0.2) is 33.7 Å². The molecule has 0 saturated carbocycles. The lowest BCUT2D eigenvalue weighted by Crippen LogP contribution is -2.59. The van der Waals surface area contributed by atoms with Gasteiger partial charge < -0.3 is 15.4 Å². The van der Waals surface area contributed by atoms with Crippen LogP contribution in [0, 0.1) is 13.8 Å². The summed E-state index contributed by atoms with van der Waals surface area (Å²) in [7, 11) is 0. The Balaban J connectivity index is 1.67. The molecule has 0 bridgehead atoms. The van der Waals surface area contributed by atoms with E-state index < -0.39 is 17.4 Å². The molecular formula is C17H19ClN4O3. The van der Waals surface area contributed by atoms with E-state index in [9.17, 15) is 9.59 Å². The highest BCUT2D eigenvalue weighted by Crippen LogP contribution is 2.35. The lowest BCUT2D eigenvalue weighted by atomic mass is 10.0. The first-order valence-electron chi connectivity index (χ1n) is 7.89. The minimum atomic E-state index is -1.64. The van der Waals surface area contributed by atoms with Crippen LogP contribution in [0.3, 0.4) is 0 Å². The highest BCUT2D eigenvalue weighted by molar-refractivity contribution is 6.31. The molecule has 8 heteroatoms. The number of halogens is 1. The normalized spacial score (nSPS) is 19.0. The Morgan fingerprint density at radius 1 is 1.40 bits per heavy atom. The number of aryl methyl sites for hydroxylation is 2. The molecule has 132 valence electrons. The number of carbonyl (C=O) groups is 2. The second-order valence-corrected chi connectivity index (χ2v) is 6.57. The Morgan fingerprint density at radius 2 is 2.16 bits per heavy atom. The number of hydrogen-bond donors (Lipinski definition) is 2. The third-order valence-corrected chi connectivity index (χ3v) is 4.32. The van der Waals surface area contributed by atoms with E-state index in [1.807, 2.05) is 19.9 Å². The van der Waals surface area contributed by atoms with Crippen LogP contribution in [0.5, 0.6) is 5.75 Å². The largest absolute Gasteiger partial charge is 0.466 e. The van der Waals surface area contributed by atoms with E-state index in [4.69, 9.17) is 16.3 Å². The summed E-state index contributed by atoms with van der Waals surface area (Å²) < 4.78 is 7.48. The van der Waals surface area contributed by atoms with Crippen molar-refractivity contribution in [2.24, 2.45) is 0 Å². The second-order valence-electron chi connectivity index (χ2n) is 6.14. The summed E-state index contributed by atoms with van der Waals surface area (Å²) >= 11 is 5.90. The van der Waals surface area contributed by atoms with Gasteiger partial charge in [0.2, 0.25) is 0 Å². The Kier molecular flexibility index (Phi) is 4.43. The average Bonchev–Trinajstić information content (AvgIpc) is 2.86. The van der Waals surface area contributed by atoms with Crippen molar-refractivity contribution in [1.82, 2.24) is 15.1 Å². The highest BCUT2D eigenvalue weighted by atomic mass is 35.5. The van der Waals surface area contributed by atoms with Gasteiger partial charge in [-0.1, -0.05) is 11.6 Å². The van der Waals surface area contributed by atoms with Crippen molar-refractivity contribution in [3.63, 3.8) is 0 Å². The average molecular weight is 363 g/mol. The number of fused-ring (bicyclic) bond motifs is 1. The molecule has 0 aliphatic carbocycles. The first kappa shape index (κ1) is 17.3. The molecule has 1 aliphatic rings. The minimum absolute atomic E-state index is 0.334. The zero-order valence-electron chi connectivity index (χ0n) is 14.2. The van der Waals surface area contributed by atoms with Crippen LogP contribution in [0.2, 0.25) is 5.02 Å². The van der Waals surface area contributed by atoms with Crippen LogP contribution in [0.4, 0.5) is 5.69 Å². The van der Waals surface area contributed by atoms with Crippen molar-refractivity contribution in [1.29, 1.82) is 0 Å². The summed E-state index contributed by atoms with van der Waals surface area (Å²) in [6.45, 7) is 6.14.